The summed E-state index contributed by atoms with van der Waals surface area (Å²) in [5, 5.41) is 12.3. The lowest BCUT2D eigenvalue weighted by Crippen LogP contribution is -2.54. The van der Waals surface area contributed by atoms with Gasteiger partial charge in [0.05, 0.1) is 31.9 Å². The van der Waals surface area contributed by atoms with E-state index in [0.717, 1.165) is 11.3 Å². The Kier molecular flexibility index (Phi) is 5.69. The maximum absolute atomic E-state index is 12.4. The smallest absolute Gasteiger partial charge is 0.241 e. The Morgan fingerprint density at radius 1 is 1.62 bits per heavy atom. The van der Waals surface area contributed by atoms with Gasteiger partial charge in [0.2, 0.25) is 5.91 Å². The molecule has 1 aliphatic heterocycles. The number of aliphatic hydroxyl groups excluding tert-OH is 1. The number of ether oxygens (including phenoxy) is 1. The molecule has 1 aliphatic rings. The second kappa shape index (κ2) is 7.51. The molecule has 4 N–H and O–H groups in total. The first-order valence-electron chi connectivity index (χ1n) is 7.20. The van der Waals surface area contributed by atoms with E-state index in [1.54, 1.807) is 0 Å². The molecule has 1 aromatic carbocycles. The Hall–Kier alpha value is -1.47. The number of morpholine rings is 1. The molecule has 2 atom stereocenters. The molecule has 0 aromatic heterocycles. The number of nitrogens with one attached hydrogen (secondary N) is 1. The number of rotatable bonds is 5. The van der Waals surface area contributed by atoms with E-state index in [0.29, 0.717) is 26.3 Å². The van der Waals surface area contributed by atoms with Gasteiger partial charge in [0.1, 0.15) is 0 Å². The first-order chi connectivity index (χ1) is 10.2. The molecule has 116 valence electrons. The molecular weight excluding hydrogens is 270 g/mol. The van der Waals surface area contributed by atoms with E-state index in [9.17, 15) is 9.90 Å². The average Bonchev–Trinajstić information content (AvgIpc) is 2.54. The molecule has 1 saturated heterocycles. The van der Waals surface area contributed by atoms with E-state index >= 15 is 0 Å². The van der Waals surface area contributed by atoms with Gasteiger partial charge < -0.3 is 20.9 Å². The maximum atomic E-state index is 12.4. The Bertz CT molecular complexity index is 481. The van der Waals surface area contributed by atoms with Crippen molar-refractivity contribution in [1.29, 1.82) is 0 Å². The molecule has 0 spiro atoms. The molecule has 0 saturated carbocycles. The van der Waals surface area contributed by atoms with E-state index < -0.39 is 0 Å². The summed E-state index contributed by atoms with van der Waals surface area (Å²) in [7, 11) is 0. The van der Waals surface area contributed by atoms with Gasteiger partial charge in [-0.1, -0.05) is 12.1 Å². The largest absolute Gasteiger partial charge is 0.395 e. The fourth-order valence-corrected chi connectivity index (χ4v) is 2.51. The molecule has 6 nitrogen and oxygen atoms in total. The lowest BCUT2D eigenvalue weighted by molar-refractivity contribution is -0.125. The van der Waals surface area contributed by atoms with Gasteiger partial charge in [-0.2, -0.15) is 0 Å². The third-order valence-electron chi connectivity index (χ3n) is 3.79. The molecule has 0 aliphatic carbocycles. The van der Waals surface area contributed by atoms with Crippen LogP contribution in [-0.4, -0.2) is 54.4 Å². The zero-order valence-corrected chi connectivity index (χ0v) is 12.3. The molecule has 1 fully saturated rings. The fourth-order valence-electron chi connectivity index (χ4n) is 2.51. The summed E-state index contributed by atoms with van der Waals surface area (Å²) < 4.78 is 5.33. The van der Waals surface area contributed by atoms with E-state index in [2.05, 4.69) is 5.32 Å². The number of nitrogens with zero attached hydrogens (tertiary/aromatic N) is 1. The van der Waals surface area contributed by atoms with Crippen molar-refractivity contribution in [3.05, 3.63) is 29.8 Å². The van der Waals surface area contributed by atoms with Crippen LogP contribution in [0.3, 0.4) is 0 Å². The van der Waals surface area contributed by atoms with Crippen LogP contribution in [0.4, 0.5) is 5.69 Å². The second-order valence-electron chi connectivity index (χ2n) is 5.22. The fraction of sp³-hybridized carbons (Fsp3) is 0.533. The van der Waals surface area contributed by atoms with Crippen molar-refractivity contribution in [2.45, 2.75) is 25.6 Å². The normalized spacial score (nSPS) is 21.0. The van der Waals surface area contributed by atoms with Gasteiger partial charge in [-0.25, -0.2) is 0 Å². The van der Waals surface area contributed by atoms with Gasteiger partial charge in [-0.15, -0.1) is 0 Å². The van der Waals surface area contributed by atoms with Crippen molar-refractivity contribution in [3.63, 3.8) is 0 Å². The lowest BCUT2D eigenvalue weighted by Gasteiger charge is -2.37. The first-order valence-corrected chi connectivity index (χ1v) is 7.20. The summed E-state index contributed by atoms with van der Waals surface area (Å²) in [5.74, 6) is -0.0930. The standard InChI is InChI=1S/C15H23N3O3/c1-11(18-5-6-21-10-14(18)9-19)15(20)17-13-4-2-3-12(7-13)8-16/h2-4,7,11,14,19H,5-6,8-10,16H2,1H3,(H,17,20). The number of amides is 1. The van der Waals surface area contributed by atoms with Gasteiger partial charge in [0.15, 0.2) is 0 Å². The van der Waals surface area contributed by atoms with Crippen molar-refractivity contribution in [1.82, 2.24) is 4.90 Å². The molecule has 0 bridgehead atoms. The van der Waals surface area contributed by atoms with Crippen molar-refractivity contribution < 1.29 is 14.6 Å². The quantitative estimate of drug-likeness (QED) is 0.720. The Labute approximate surface area is 124 Å². The van der Waals surface area contributed by atoms with Crippen LogP contribution in [0.25, 0.3) is 0 Å². The van der Waals surface area contributed by atoms with Gasteiger partial charge >= 0.3 is 0 Å². The predicted octanol–water partition coefficient (Wildman–Crippen LogP) is 0.165. The zero-order chi connectivity index (χ0) is 15.2. The third-order valence-corrected chi connectivity index (χ3v) is 3.79. The van der Waals surface area contributed by atoms with E-state index in [1.165, 1.54) is 0 Å². The third kappa shape index (κ3) is 4.01. The van der Waals surface area contributed by atoms with E-state index in [4.69, 9.17) is 10.5 Å². The van der Waals surface area contributed by atoms with Crippen molar-refractivity contribution in [3.8, 4) is 0 Å². The van der Waals surface area contributed by atoms with Crippen molar-refractivity contribution in [2.75, 3.05) is 31.7 Å². The van der Waals surface area contributed by atoms with Crippen molar-refractivity contribution >= 4 is 11.6 Å². The van der Waals surface area contributed by atoms with E-state index in [-0.39, 0.29) is 24.6 Å². The summed E-state index contributed by atoms with van der Waals surface area (Å²) in [6, 6.07) is 7.04. The number of benzene rings is 1. The minimum atomic E-state index is -0.326. The van der Waals surface area contributed by atoms with Crippen LogP contribution in [0.1, 0.15) is 12.5 Å². The molecule has 1 amide bonds. The number of aliphatic hydroxyl groups is 1. The van der Waals surface area contributed by atoms with E-state index in [1.807, 2.05) is 36.1 Å². The van der Waals surface area contributed by atoms with Crippen LogP contribution < -0.4 is 11.1 Å². The highest BCUT2D eigenvalue weighted by Crippen LogP contribution is 2.15. The highest BCUT2D eigenvalue weighted by atomic mass is 16.5. The molecule has 2 unspecified atom stereocenters. The molecule has 0 radical (unpaired) electrons. The summed E-state index contributed by atoms with van der Waals surface area (Å²) in [6.07, 6.45) is 0. The number of hydrogen-bond acceptors (Lipinski definition) is 5. The van der Waals surface area contributed by atoms with Crippen LogP contribution in [-0.2, 0) is 16.1 Å². The van der Waals surface area contributed by atoms with Gasteiger partial charge in [0, 0.05) is 18.8 Å². The van der Waals surface area contributed by atoms with Crippen LogP contribution in [0.2, 0.25) is 0 Å². The first kappa shape index (κ1) is 15.9. The molecular formula is C15H23N3O3. The number of carbonyl (C=O) groups is 1. The Morgan fingerprint density at radius 3 is 3.14 bits per heavy atom. The number of anilines is 1. The van der Waals surface area contributed by atoms with Crippen LogP contribution >= 0.6 is 0 Å². The summed E-state index contributed by atoms with van der Waals surface area (Å²) >= 11 is 0. The topological polar surface area (TPSA) is 87.8 Å². The monoisotopic (exact) mass is 293 g/mol. The summed E-state index contributed by atoms with van der Waals surface area (Å²) in [5.41, 5.74) is 7.31. The molecule has 1 aromatic rings. The second-order valence-corrected chi connectivity index (χ2v) is 5.22. The average molecular weight is 293 g/mol. The maximum Gasteiger partial charge on any atom is 0.241 e. The van der Waals surface area contributed by atoms with Crippen molar-refractivity contribution in [2.24, 2.45) is 5.73 Å². The van der Waals surface area contributed by atoms with Gasteiger partial charge in [-0.05, 0) is 24.6 Å². The van der Waals surface area contributed by atoms with Crippen LogP contribution in [0.5, 0.6) is 0 Å². The molecule has 6 heteroatoms. The van der Waals surface area contributed by atoms with Gasteiger partial charge in [-0.3, -0.25) is 9.69 Å². The number of hydrogen-bond donors (Lipinski definition) is 3. The minimum Gasteiger partial charge on any atom is -0.395 e. The zero-order valence-electron chi connectivity index (χ0n) is 12.3. The Morgan fingerprint density at radius 2 is 2.43 bits per heavy atom. The number of nitrogens with two attached hydrogens (primary N) is 1. The van der Waals surface area contributed by atoms with Gasteiger partial charge in [0.25, 0.3) is 0 Å². The summed E-state index contributed by atoms with van der Waals surface area (Å²) in [4.78, 5) is 14.3. The molecule has 1 heterocycles. The van der Waals surface area contributed by atoms with Crippen LogP contribution in [0.15, 0.2) is 24.3 Å². The SMILES string of the molecule is CC(C(=O)Nc1cccc(CN)c1)N1CCOCC1CO. The van der Waals surface area contributed by atoms with Crippen LogP contribution in [0, 0.1) is 0 Å². The highest BCUT2D eigenvalue weighted by Gasteiger charge is 2.30. The molecule has 2 rings (SSSR count). The minimum absolute atomic E-state index is 0.0136. The predicted molar refractivity (Wildman–Crippen MR) is 80.8 cm³/mol. The summed E-state index contributed by atoms with van der Waals surface area (Å²) in [6.45, 7) is 3.95. The number of carbonyl (C=O) groups excluding carboxylic acids is 1. The molecule has 21 heavy (non-hydrogen) atoms. The highest BCUT2D eigenvalue weighted by molar-refractivity contribution is 5.94. The lowest BCUT2D eigenvalue weighted by atomic mass is 10.1. The Balaban J connectivity index is 2.01.